The lowest BCUT2D eigenvalue weighted by Gasteiger charge is -2.09. The topological polar surface area (TPSA) is 69.6 Å². The number of carbonyl (C=O) groups excluding carboxylic acids is 1. The first-order chi connectivity index (χ1) is 6.85. The van der Waals surface area contributed by atoms with E-state index in [0.29, 0.717) is 0 Å². The zero-order chi connectivity index (χ0) is 11.9. The summed E-state index contributed by atoms with van der Waals surface area (Å²) in [5.41, 5.74) is 0. The largest absolute Gasteiger partial charge is 0.405 e. The Hall–Kier alpha value is -0.470. The van der Waals surface area contributed by atoms with Gasteiger partial charge in [-0.05, 0) is 0 Å². The Morgan fingerprint density at radius 2 is 2.07 bits per heavy atom. The second-order valence-electron chi connectivity index (χ2n) is 2.74. The highest BCUT2D eigenvalue weighted by Crippen LogP contribution is 2.12. The first kappa shape index (κ1) is 14.5. The predicted molar refractivity (Wildman–Crippen MR) is 49.5 cm³/mol. The maximum Gasteiger partial charge on any atom is 0.405 e. The number of halogens is 3. The van der Waals surface area contributed by atoms with E-state index in [1.165, 1.54) is 0 Å². The van der Waals surface area contributed by atoms with Crippen LogP contribution in [0.1, 0.15) is 0 Å². The van der Waals surface area contributed by atoms with E-state index < -0.39 is 31.3 Å². The van der Waals surface area contributed by atoms with E-state index in [1.807, 2.05) is 0 Å². The second kappa shape index (κ2) is 6.91. The average Bonchev–Trinajstić information content (AvgIpc) is 2.13. The summed E-state index contributed by atoms with van der Waals surface area (Å²) in [6.07, 6.45) is -5.37. The molecule has 4 nitrogen and oxygen atoms in total. The number of hydrogen-bond acceptors (Lipinski definition) is 4. The van der Waals surface area contributed by atoms with Crippen LogP contribution in [0.5, 0.6) is 0 Å². The van der Waals surface area contributed by atoms with E-state index >= 15 is 0 Å². The summed E-state index contributed by atoms with van der Waals surface area (Å²) >= 11 is 0.955. The molecule has 90 valence electrons. The van der Waals surface area contributed by atoms with Crippen molar-refractivity contribution in [2.45, 2.75) is 12.3 Å². The van der Waals surface area contributed by atoms with Gasteiger partial charge in [0.1, 0.15) is 6.54 Å². The molecule has 0 radical (unpaired) electrons. The minimum absolute atomic E-state index is 0.107. The number of thioether (sulfide) groups is 1. The fraction of sp³-hybridized carbons (Fsp3) is 0.857. The van der Waals surface area contributed by atoms with E-state index in [4.69, 9.17) is 10.2 Å². The Morgan fingerprint density at radius 1 is 1.47 bits per heavy atom. The van der Waals surface area contributed by atoms with Crippen LogP contribution in [0, 0.1) is 0 Å². The standard InChI is InChI=1S/C7H12F3NO3S/c8-7(9,10)4-11-6(14)3-15-2-5(13)1-12/h5,12-13H,1-4H2,(H,11,14). The van der Waals surface area contributed by atoms with Gasteiger partial charge in [0.2, 0.25) is 5.91 Å². The molecule has 1 unspecified atom stereocenters. The number of aliphatic hydroxyl groups is 2. The van der Waals surface area contributed by atoms with Gasteiger partial charge in [-0.15, -0.1) is 11.8 Å². The molecule has 0 rings (SSSR count). The number of aliphatic hydroxyl groups excluding tert-OH is 2. The van der Waals surface area contributed by atoms with Crippen molar-refractivity contribution in [3.05, 3.63) is 0 Å². The van der Waals surface area contributed by atoms with Gasteiger partial charge in [0, 0.05) is 5.75 Å². The first-order valence-electron chi connectivity index (χ1n) is 4.05. The van der Waals surface area contributed by atoms with Crippen LogP contribution in [0.4, 0.5) is 13.2 Å². The molecule has 3 N–H and O–H groups in total. The lowest BCUT2D eigenvalue weighted by Crippen LogP contribution is -2.35. The fourth-order valence-corrected chi connectivity index (χ4v) is 1.37. The molecule has 0 fully saturated rings. The minimum atomic E-state index is -4.41. The second-order valence-corrected chi connectivity index (χ2v) is 3.77. The molecule has 0 saturated carbocycles. The van der Waals surface area contributed by atoms with Crippen LogP contribution >= 0.6 is 11.8 Å². The van der Waals surface area contributed by atoms with Gasteiger partial charge in [-0.25, -0.2) is 0 Å². The van der Waals surface area contributed by atoms with Gasteiger partial charge in [-0.3, -0.25) is 4.79 Å². The van der Waals surface area contributed by atoms with Crippen molar-refractivity contribution < 1.29 is 28.2 Å². The predicted octanol–water partition coefficient (Wildman–Crippen LogP) is -0.249. The molecule has 0 spiro atoms. The lowest BCUT2D eigenvalue weighted by molar-refractivity contribution is -0.136. The van der Waals surface area contributed by atoms with E-state index in [0.717, 1.165) is 11.8 Å². The highest BCUT2D eigenvalue weighted by Gasteiger charge is 2.27. The summed E-state index contributed by atoms with van der Waals surface area (Å²) < 4.78 is 34.9. The Balaban J connectivity index is 3.50. The third-order valence-corrected chi connectivity index (χ3v) is 2.33. The molecule has 0 aromatic carbocycles. The molecule has 0 aromatic rings. The van der Waals surface area contributed by atoms with E-state index in [1.54, 1.807) is 5.32 Å². The van der Waals surface area contributed by atoms with Gasteiger partial charge in [0.05, 0.1) is 18.5 Å². The molecule has 1 atom stereocenters. The number of alkyl halides is 3. The summed E-state index contributed by atoms with van der Waals surface area (Å²) in [5.74, 6) is -0.814. The van der Waals surface area contributed by atoms with Crippen LogP contribution in [0.2, 0.25) is 0 Å². The third kappa shape index (κ3) is 9.83. The Bertz CT molecular complexity index is 200. The van der Waals surface area contributed by atoms with Gasteiger partial charge in [-0.1, -0.05) is 0 Å². The van der Waals surface area contributed by atoms with Crippen LogP contribution in [0.15, 0.2) is 0 Å². The van der Waals surface area contributed by atoms with Gasteiger partial charge < -0.3 is 15.5 Å². The van der Waals surface area contributed by atoms with Gasteiger partial charge >= 0.3 is 6.18 Å². The number of rotatable bonds is 6. The molecule has 0 aliphatic heterocycles. The van der Waals surface area contributed by atoms with Gasteiger partial charge in [-0.2, -0.15) is 13.2 Å². The summed E-state index contributed by atoms with van der Waals surface area (Å²) in [7, 11) is 0. The molecule has 0 aromatic heterocycles. The van der Waals surface area contributed by atoms with Gasteiger partial charge in [0.25, 0.3) is 0 Å². The van der Waals surface area contributed by atoms with Crippen molar-refractivity contribution in [2.24, 2.45) is 0 Å². The monoisotopic (exact) mass is 247 g/mol. The molecule has 8 heteroatoms. The SMILES string of the molecule is O=C(CSCC(O)CO)NCC(F)(F)F. The highest BCUT2D eigenvalue weighted by molar-refractivity contribution is 7.99. The molecule has 0 aliphatic carbocycles. The molecule has 0 heterocycles. The summed E-state index contributed by atoms with van der Waals surface area (Å²) in [6, 6.07) is 0. The van der Waals surface area contributed by atoms with Gasteiger partial charge in [0.15, 0.2) is 0 Å². The van der Waals surface area contributed by atoms with E-state index in [-0.39, 0.29) is 11.5 Å². The smallest absolute Gasteiger partial charge is 0.394 e. The van der Waals surface area contributed by atoms with Crippen molar-refractivity contribution in [2.75, 3.05) is 24.7 Å². The fourth-order valence-electron chi connectivity index (χ4n) is 0.590. The van der Waals surface area contributed by atoms with Crippen LogP contribution in [-0.4, -0.2) is 53.1 Å². The average molecular weight is 247 g/mol. The van der Waals surface area contributed by atoms with Crippen molar-refractivity contribution in [1.29, 1.82) is 0 Å². The van der Waals surface area contributed by atoms with E-state index in [2.05, 4.69) is 0 Å². The molecule has 15 heavy (non-hydrogen) atoms. The Kier molecular flexibility index (Phi) is 6.70. The molecule has 0 aliphatic rings. The normalized spacial score (nSPS) is 13.7. The van der Waals surface area contributed by atoms with Crippen molar-refractivity contribution in [3.63, 3.8) is 0 Å². The maximum atomic E-state index is 11.6. The quantitative estimate of drug-likeness (QED) is 0.605. The zero-order valence-electron chi connectivity index (χ0n) is 7.75. The van der Waals surface area contributed by atoms with Crippen LogP contribution in [0.3, 0.4) is 0 Å². The maximum absolute atomic E-state index is 11.6. The van der Waals surface area contributed by atoms with Crippen molar-refractivity contribution in [3.8, 4) is 0 Å². The van der Waals surface area contributed by atoms with E-state index in [9.17, 15) is 18.0 Å². The highest BCUT2D eigenvalue weighted by atomic mass is 32.2. The van der Waals surface area contributed by atoms with Crippen LogP contribution in [0.25, 0.3) is 0 Å². The number of nitrogens with one attached hydrogen (secondary N) is 1. The summed E-state index contributed by atoms with van der Waals surface area (Å²) in [6.45, 7) is -1.79. The minimum Gasteiger partial charge on any atom is -0.394 e. The molecule has 1 amide bonds. The van der Waals surface area contributed by atoms with Crippen molar-refractivity contribution in [1.82, 2.24) is 5.32 Å². The summed E-state index contributed by atoms with van der Waals surface area (Å²) in [5, 5.41) is 18.9. The zero-order valence-corrected chi connectivity index (χ0v) is 8.57. The lowest BCUT2D eigenvalue weighted by atomic mass is 10.4. The number of carbonyl (C=O) groups is 1. The van der Waals surface area contributed by atoms with Crippen LogP contribution in [-0.2, 0) is 4.79 Å². The third-order valence-electron chi connectivity index (χ3n) is 1.24. The molecule has 0 bridgehead atoms. The molecular weight excluding hydrogens is 235 g/mol. The van der Waals surface area contributed by atoms with Crippen molar-refractivity contribution >= 4 is 17.7 Å². The number of hydrogen-bond donors (Lipinski definition) is 3. The number of amides is 1. The molecular formula is C7H12F3NO3S. The summed E-state index contributed by atoms with van der Waals surface area (Å²) in [4.78, 5) is 10.8. The Morgan fingerprint density at radius 3 is 2.53 bits per heavy atom. The van der Waals surface area contributed by atoms with Crippen LogP contribution < -0.4 is 5.32 Å². The molecule has 0 saturated heterocycles. The Labute approximate surface area is 88.8 Å². The first-order valence-corrected chi connectivity index (χ1v) is 5.20.